The zero-order valence-corrected chi connectivity index (χ0v) is 19.4. The van der Waals surface area contributed by atoms with E-state index >= 15 is 0 Å². The van der Waals surface area contributed by atoms with Crippen molar-refractivity contribution in [3.63, 3.8) is 0 Å². The van der Waals surface area contributed by atoms with Crippen molar-refractivity contribution >= 4 is 35.1 Å². The van der Waals surface area contributed by atoms with Crippen LogP contribution in [0, 0.1) is 11.8 Å². The molecule has 1 aliphatic heterocycles. The molecule has 0 radical (unpaired) electrons. The number of carbonyl (C=O) groups is 2. The van der Waals surface area contributed by atoms with Crippen LogP contribution < -0.4 is 0 Å². The lowest BCUT2D eigenvalue weighted by Gasteiger charge is -2.43. The van der Waals surface area contributed by atoms with Crippen molar-refractivity contribution in [3.05, 3.63) is 33.8 Å². The fraction of sp³-hybridized carbons (Fsp3) is 0.652. The summed E-state index contributed by atoms with van der Waals surface area (Å²) in [5.74, 6) is -0.0791. The third-order valence-corrected chi connectivity index (χ3v) is 6.96. The Morgan fingerprint density at radius 1 is 1.13 bits per heavy atom. The number of carbonyl (C=O) groups excluding carboxylic acids is 2. The minimum Gasteiger partial charge on any atom is -0.466 e. The summed E-state index contributed by atoms with van der Waals surface area (Å²) in [5, 5.41) is 1.21. The maximum absolute atomic E-state index is 13.0. The van der Waals surface area contributed by atoms with E-state index < -0.39 is 0 Å². The maximum Gasteiger partial charge on any atom is 0.310 e. The van der Waals surface area contributed by atoms with Gasteiger partial charge in [0.05, 0.1) is 12.5 Å². The zero-order valence-electron chi connectivity index (χ0n) is 17.9. The first-order valence-corrected chi connectivity index (χ1v) is 11.8. The Morgan fingerprint density at radius 3 is 2.50 bits per heavy atom. The van der Waals surface area contributed by atoms with Gasteiger partial charge >= 0.3 is 5.97 Å². The molecule has 7 heteroatoms. The first-order chi connectivity index (χ1) is 14.4. The molecule has 0 N–H and O–H groups in total. The van der Waals surface area contributed by atoms with E-state index in [9.17, 15) is 9.59 Å². The van der Waals surface area contributed by atoms with Crippen molar-refractivity contribution in [1.29, 1.82) is 0 Å². The quantitative estimate of drug-likeness (QED) is 0.596. The van der Waals surface area contributed by atoms with E-state index in [0.29, 0.717) is 36.2 Å². The molecule has 1 saturated heterocycles. The lowest BCUT2D eigenvalue weighted by molar-refractivity contribution is -0.153. The molecule has 1 heterocycles. The van der Waals surface area contributed by atoms with Gasteiger partial charge in [-0.25, -0.2) is 0 Å². The van der Waals surface area contributed by atoms with Gasteiger partial charge in [-0.3, -0.25) is 14.5 Å². The van der Waals surface area contributed by atoms with Gasteiger partial charge in [-0.05, 0) is 43.9 Å². The highest BCUT2D eigenvalue weighted by Gasteiger charge is 2.37. The van der Waals surface area contributed by atoms with Crippen molar-refractivity contribution in [2.45, 2.75) is 52.0 Å². The summed E-state index contributed by atoms with van der Waals surface area (Å²) in [7, 11) is 0. The highest BCUT2D eigenvalue weighted by molar-refractivity contribution is 6.35. The van der Waals surface area contributed by atoms with Gasteiger partial charge in [-0.1, -0.05) is 49.0 Å². The summed E-state index contributed by atoms with van der Waals surface area (Å²) in [6.45, 7) is 7.25. The lowest BCUT2D eigenvalue weighted by atomic mass is 9.83. The number of amides is 1. The Kier molecular flexibility index (Phi) is 8.44. The second-order valence-corrected chi connectivity index (χ2v) is 9.26. The Balaban J connectivity index is 1.55. The fourth-order valence-electron chi connectivity index (χ4n) is 4.76. The van der Waals surface area contributed by atoms with Crippen molar-refractivity contribution < 1.29 is 14.3 Å². The standard InChI is InChI=1S/C23H32Cl2N2O3/c1-3-30-23(29)19-6-4-5-7-21(19)26-10-12-27(13-11-26)22(28)16(2)14-17-8-9-18(24)15-20(17)25/h8-9,15-16,19,21H,3-7,10-14H2,1-2H3/t16-,19-,21-/m1/s1. The van der Waals surface area contributed by atoms with E-state index in [1.807, 2.05) is 30.9 Å². The van der Waals surface area contributed by atoms with E-state index in [0.717, 1.165) is 44.3 Å². The van der Waals surface area contributed by atoms with Crippen LogP contribution >= 0.6 is 23.2 Å². The van der Waals surface area contributed by atoms with Crippen molar-refractivity contribution in [3.8, 4) is 0 Å². The van der Waals surface area contributed by atoms with Crippen LogP contribution in [0.1, 0.15) is 45.1 Å². The maximum atomic E-state index is 13.0. The molecule has 3 rings (SSSR count). The third kappa shape index (κ3) is 5.68. The second-order valence-electron chi connectivity index (χ2n) is 8.41. The molecule has 1 aromatic rings. The van der Waals surface area contributed by atoms with Gasteiger partial charge in [0.25, 0.3) is 0 Å². The molecule has 2 fully saturated rings. The van der Waals surface area contributed by atoms with Gasteiger partial charge in [-0.15, -0.1) is 0 Å². The number of hydrogen-bond acceptors (Lipinski definition) is 4. The molecular weight excluding hydrogens is 423 g/mol. The highest BCUT2D eigenvalue weighted by atomic mass is 35.5. The summed E-state index contributed by atoms with van der Waals surface area (Å²) < 4.78 is 5.32. The summed E-state index contributed by atoms with van der Waals surface area (Å²) in [6.07, 6.45) is 4.77. The first kappa shape index (κ1) is 23.4. The lowest BCUT2D eigenvalue weighted by Crippen LogP contribution is -2.56. The Bertz CT molecular complexity index is 750. The Labute approximate surface area is 189 Å². The summed E-state index contributed by atoms with van der Waals surface area (Å²) >= 11 is 12.2. The average Bonchev–Trinajstić information content (AvgIpc) is 2.75. The topological polar surface area (TPSA) is 49.9 Å². The SMILES string of the molecule is CCOC(=O)[C@@H]1CCCC[C@H]1N1CCN(C(=O)[C@H](C)Cc2ccc(Cl)cc2Cl)CC1. The minimum atomic E-state index is -0.141. The number of hydrogen-bond donors (Lipinski definition) is 0. The minimum absolute atomic E-state index is 0.0353. The molecule has 1 amide bonds. The van der Waals surface area contributed by atoms with Crippen molar-refractivity contribution in [2.24, 2.45) is 11.8 Å². The molecule has 3 atom stereocenters. The molecule has 1 aliphatic carbocycles. The number of piperazine rings is 1. The van der Waals surface area contributed by atoms with E-state index in [1.165, 1.54) is 0 Å². The van der Waals surface area contributed by atoms with Gasteiger partial charge in [0, 0.05) is 48.2 Å². The van der Waals surface area contributed by atoms with E-state index in [4.69, 9.17) is 27.9 Å². The summed E-state index contributed by atoms with van der Waals surface area (Å²) in [5.41, 5.74) is 0.944. The average molecular weight is 455 g/mol. The molecule has 0 bridgehead atoms. The summed E-state index contributed by atoms with van der Waals surface area (Å²) in [4.78, 5) is 29.7. The van der Waals surface area contributed by atoms with Crippen LogP contribution in [0.4, 0.5) is 0 Å². The fourth-order valence-corrected chi connectivity index (χ4v) is 5.25. The molecule has 0 unspecified atom stereocenters. The molecule has 0 spiro atoms. The Morgan fingerprint density at radius 2 is 1.83 bits per heavy atom. The first-order valence-electron chi connectivity index (χ1n) is 11.0. The largest absolute Gasteiger partial charge is 0.466 e. The second kappa shape index (κ2) is 10.8. The molecular formula is C23H32Cl2N2O3. The van der Waals surface area contributed by atoms with Gasteiger partial charge < -0.3 is 9.64 Å². The molecule has 1 aromatic carbocycles. The number of ether oxygens (including phenoxy) is 1. The predicted octanol–water partition coefficient (Wildman–Crippen LogP) is 4.44. The third-order valence-electron chi connectivity index (χ3n) is 6.38. The van der Waals surface area contributed by atoms with Crippen LogP contribution in [0.15, 0.2) is 18.2 Å². The van der Waals surface area contributed by atoms with Crippen LogP contribution in [0.2, 0.25) is 10.0 Å². The number of nitrogens with zero attached hydrogens (tertiary/aromatic N) is 2. The van der Waals surface area contributed by atoms with E-state index in [-0.39, 0.29) is 29.8 Å². The molecule has 166 valence electrons. The normalized spacial score (nSPS) is 23.8. The van der Waals surface area contributed by atoms with Crippen LogP contribution in [0.3, 0.4) is 0 Å². The van der Waals surface area contributed by atoms with Crippen LogP contribution in [0.5, 0.6) is 0 Å². The van der Waals surface area contributed by atoms with Gasteiger partial charge in [0.1, 0.15) is 0 Å². The highest BCUT2D eigenvalue weighted by Crippen LogP contribution is 2.31. The van der Waals surface area contributed by atoms with Gasteiger partial charge in [0.2, 0.25) is 5.91 Å². The number of rotatable bonds is 6. The number of esters is 1. The monoisotopic (exact) mass is 454 g/mol. The molecule has 5 nitrogen and oxygen atoms in total. The van der Waals surface area contributed by atoms with Crippen LogP contribution in [-0.2, 0) is 20.7 Å². The van der Waals surface area contributed by atoms with Crippen molar-refractivity contribution in [1.82, 2.24) is 9.80 Å². The summed E-state index contributed by atoms with van der Waals surface area (Å²) in [6, 6.07) is 5.66. The van der Waals surface area contributed by atoms with E-state index in [1.54, 1.807) is 6.07 Å². The number of halogens is 2. The van der Waals surface area contributed by atoms with Crippen LogP contribution in [0.25, 0.3) is 0 Å². The zero-order chi connectivity index (χ0) is 21.7. The predicted molar refractivity (Wildman–Crippen MR) is 120 cm³/mol. The van der Waals surface area contributed by atoms with Crippen LogP contribution in [-0.4, -0.2) is 60.5 Å². The van der Waals surface area contributed by atoms with Gasteiger partial charge in [-0.2, -0.15) is 0 Å². The smallest absolute Gasteiger partial charge is 0.310 e. The molecule has 0 aromatic heterocycles. The van der Waals surface area contributed by atoms with Gasteiger partial charge in [0.15, 0.2) is 0 Å². The van der Waals surface area contributed by atoms with E-state index in [2.05, 4.69) is 4.90 Å². The number of benzene rings is 1. The molecule has 2 aliphatic rings. The Hall–Kier alpha value is -1.30. The molecule has 30 heavy (non-hydrogen) atoms. The molecule has 1 saturated carbocycles. The van der Waals surface area contributed by atoms with Crippen molar-refractivity contribution in [2.75, 3.05) is 32.8 Å².